The summed E-state index contributed by atoms with van der Waals surface area (Å²) in [5, 5.41) is 3.81. The van der Waals surface area contributed by atoms with Crippen LogP contribution in [0.3, 0.4) is 0 Å². The van der Waals surface area contributed by atoms with Gasteiger partial charge in [-0.15, -0.1) is 23.1 Å². The summed E-state index contributed by atoms with van der Waals surface area (Å²) in [5.74, 6) is 1.48. The monoisotopic (exact) mass is 470 g/mol. The van der Waals surface area contributed by atoms with E-state index in [0.29, 0.717) is 23.9 Å². The summed E-state index contributed by atoms with van der Waals surface area (Å²) < 4.78 is 0. The summed E-state index contributed by atoms with van der Waals surface area (Å²) in [6.45, 7) is 7.75. The second-order valence-electron chi connectivity index (χ2n) is 8.05. The largest absolute Gasteiger partial charge is 0.351 e. The number of amides is 1. The highest BCUT2D eigenvalue weighted by atomic mass is 32.2. The number of nitrogens with zero attached hydrogens (tertiary/aromatic N) is 2. The molecule has 0 aliphatic heterocycles. The predicted octanol–water partition coefficient (Wildman–Crippen LogP) is 3.86. The van der Waals surface area contributed by atoms with Crippen molar-refractivity contribution in [3.05, 3.63) is 62.0 Å². The number of aryl methyl sites for hydroxylation is 2. The molecule has 0 saturated carbocycles. The minimum absolute atomic E-state index is 0.00818. The Kier molecular flexibility index (Phi) is 7.65. The maximum atomic E-state index is 12.5. The Labute approximate surface area is 196 Å². The number of aromatic nitrogens is 2. The van der Waals surface area contributed by atoms with E-state index in [0.717, 1.165) is 54.7 Å². The molecular weight excluding hydrogens is 440 g/mol. The van der Waals surface area contributed by atoms with E-state index in [2.05, 4.69) is 46.2 Å². The third-order valence-electron chi connectivity index (χ3n) is 5.98. The zero-order chi connectivity index (χ0) is 22.5. The van der Waals surface area contributed by atoms with Crippen LogP contribution in [-0.2, 0) is 36.5 Å². The Morgan fingerprint density at radius 2 is 2.00 bits per heavy atom. The van der Waals surface area contributed by atoms with E-state index in [9.17, 15) is 9.59 Å². The van der Waals surface area contributed by atoms with Crippen molar-refractivity contribution < 1.29 is 4.79 Å². The van der Waals surface area contributed by atoms with Crippen LogP contribution in [0.4, 0.5) is 0 Å². The van der Waals surface area contributed by atoms with Crippen LogP contribution in [0.1, 0.15) is 47.7 Å². The van der Waals surface area contributed by atoms with Gasteiger partial charge in [0.1, 0.15) is 10.7 Å². The van der Waals surface area contributed by atoms with Gasteiger partial charge in [-0.1, -0.05) is 38.1 Å². The lowest BCUT2D eigenvalue weighted by atomic mass is 10.1. The first-order chi connectivity index (χ1) is 15.6. The molecule has 0 atom stereocenters. The number of H-pyrrole nitrogens is 1. The van der Waals surface area contributed by atoms with Crippen molar-refractivity contribution in [1.29, 1.82) is 0 Å². The number of nitrogens with one attached hydrogen (secondary N) is 2. The van der Waals surface area contributed by atoms with Gasteiger partial charge in [0.15, 0.2) is 0 Å². The number of hydrogen-bond acceptors (Lipinski definition) is 6. The maximum absolute atomic E-state index is 12.5. The van der Waals surface area contributed by atoms with Crippen LogP contribution < -0.4 is 10.9 Å². The highest BCUT2D eigenvalue weighted by Gasteiger charge is 2.21. The number of carbonyl (C=O) groups is 1. The number of hydrogen-bond donors (Lipinski definition) is 2. The molecule has 1 aliphatic carbocycles. The van der Waals surface area contributed by atoms with Gasteiger partial charge in [-0.25, -0.2) is 4.98 Å². The van der Waals surface area contributed by atoms with Crippen LogP contribution in [0.25, 0.3) is 10.2 Å². The number of rotatable bonds is 10. The fourth-order valence-corrected chi connectivity index (χ4v) is 6.17. The van der Waals surface area contributed by atoms with Crippen molar-refractivity contribution in [2.24, 2.45) is 0 Å². The number of thiophene rings is 1. The molecule has 170 valence electrons. The summed E-state index contributed by atoms with van der Waals surface area (Å²) in [4.78, 5) is 37.0. The van der Waals surface area contributed by atoms with Gasteiger partial charge >= 0.3 is 0 Å². The third kappa shape index (κ3) is 5.24. The lowest BCUT2D eigenvalue weighted by molar-refractivity contribution is -0.118. The summed E-state index contributed by atoms with van der Waals surface area (Å²) in [6.07, 6.45) is 3.16. The highest BCUT2D eigenvalue weighted by molar-refractivity contribution is 7.99. The average molecular weight is 471 g/mol. The quantitative estimate of drug-likeness (QED) is 0.470. The van der Waals surface area contributed by atoms with Gasteiger partial charge in [0.2, 0.25) is 5.91 Å². The highest BCUT2D eigenvalue weighted by Crippen LogP contribution is 2.34. The first-order valence-corrected chi connectivity index (χ1v) is 13.2. The molecule has 1 aliphatic rings. The summed E-state index contributed by atoms with van der Waals surface area (Å²) in [7, 11) is 0. The first kappa shape index (κ1) is 23.0. The molecule has 2 heterocycles. The summed E-state index contributed by atoms with van der Waals surface area (Å²) in [5.41, 5.74) is 3.56. The van der Waals surface area contributed by atoms with Crippen LogP contribution in [0, 0.1) is 0 Å². The molecule has 1 aromatic carbocycles. The zero-order valence-corrected chi connectivity index (χ0v) is 20.3. The van der Waals surface area contributed by atoms with Gasteiger partial charge in [0.05, 0.1) is 16.9 Å². The molecule has 0 saturated heterocycles. The Morgan fingerprint density at radius 1 is 1.22 bits per heavy atom. The lowest BCUT2D eigenvalue weighted by Gasteiger charge is -2.20. The van der Waals surface area contributed by atoms with Crippen LogP contribution in [0.2, 0.25) is 0 Å². The topological polar surface area (TPSA) is 78.1 Å². The third-order valence-corrected chi connectivity index (χ3v) is 8.11. The van der Waals surface area contributed by atoms with Crippen molar-refractivity contribution in [3.63, 3.8) is 0 Å². The van der Waals surface area contributed by atoms with Crippen molar-refractivity contribution in [3.8, 4) is 0 Å². The van der Waals surface area contributed by atoms with Crippen LogP contribution in [0.15, 0.2) is 29.1 Å². The molecule has 4 rings (SSSR count). The second-order valence-corrected chi connectivity index (χ2v) is 10.1. The van der Waals surface area contributed by atoms with Gasteiger partial charge in [-0.05, 0) is 49.0 Å². The minimum Gasteiger partial charge on any atom is -0.351 e. The average Bonchev–Trinajstić information content (AvgIpc) is 3.37. The van der Waals surface area contributed by atoms with Crippen LogP contribution in [0.5, 0.6) is 0 Å². The van der Waals surface area contributed by atoms with E-state index in [4.69, 9.17) is 0 Å². The molecule has 32 heavy (non-hydrogen) atoms. The summed E-state index contributed by atoms with van der Waals surface area (Å²) >= 11 is 3.12. The molecule has 1 amide bonds. The molecule has 3 aromatic rings. The van der Waals surface area contributed by atoms with Crippen molar-refractivity contribution in [2.45, 2.75) is 52.0 Å². The van der Waals surface area contributed by atoms with Gasteiger partial charge < -0.3 is 10.3 Å². The van der Waals surface area contributed by atoms with Crippen molar-refractivity contribution in [1.82, 2.24) is 20.2 Å². The molecule has 0 spiro atoms. The molecule has 0 unspecified atom stereocenters. The van der Waals surface area contributed by atoms with E-state index < -0.39 is 0 Å². The van der Waals surface area contributed by atoms with Crippen molar-refractivity contribution in [2.75, 3.05) is 18.8 Å². The lowest BCUT2D eigenvalue weighted by Crippen LogP contribution is -2.27. The Hall–Kier alpha value is -2.16. The predicted molar refractivity (Wildman–Crippen MR) is 133 cm³/mol. The van der Waals surface area contributed by atoms with Gasteiger partial charge in [0, 0.05) is 18.0 Å². The number of fused-ring (bicyclic) bond motifs is 3. The van der Waals surface area contributed by atoms with Gasteiger partial charge in [-0.3, -0.25) is 14.5 Å². The number of carbonyl (C=O) groups excluding carboxylic acids is 1. The van der Waals surface area contributed by atoms with E-state index in [1.165, 1.54) is 27.8 Å². The number of benzene rings is 1. The smallest absolute Gasteiger partial charge is 0.259 e. The molecule has 0 radical (unpaired) electrons. The number of aromatic amines is 1. The molecule has 0 fully saturated rings. The van der Waals surface area contributed by atoms with E-state index in [1.54, 1.807) is 11.3 Å². The SMILES string of the molecule is CCN(CC)Cc1ccccc1CNC(=O)CSCc1nc2sc3c(c2c(=O)[nH]1)CCC3. The fraction of sp³-hybridized carbons (Fsp3) is 0.458. The molecule has 2 N–H and O–H groups in total. The summed E-state index contributed by atoms with van der Waals surface area (Å²) in [6, 6.07) is 8.27. The van der Waals surface area contributed by atoms with Gasteiger partial charge in [-0.2, -0.15) is 0 Å². The second kappa shape index (κ2) is 10.6. The Morgan fingerprint density at radius 3 is 2.78 bits per heavy atom. The van der Waals surface area contributed by atoms with E-state index in [1.807, 2.05) is 12.1 Å². The van der Waals surface area contributed by atoms with Crippen LogP contribution >= 0.6 is 23.1 Å². The molecule has 0 bridgehead atoms. The fourth-order valence-electron chi connectivity index (χ4n) is 4.17. The van der Waals surface area contributed by atoms with Gasteiger partial charge in [0.25, 0.3) is 5.56 Å². The number of thioether (sulfide) groups is 1. The van der Waals surface area contributed by atoms with Crippen molar-refractivity contribution >= 4 is 39.2 Å². The molecular formula is C24H30N4O2S2. The molecule has 6 nitrogen and oxygen atoms in total. The normalized spacial score (nSPS) is 13.1. The van der Waals surface area contributed by atoms with E-state index >= 15 is 0 Å². The van der Waals surface area contributed by atoms with E-state index in [-0.39, 0.29) is 11.5 Å². The first-order valence-electron chi connectivity index (χ1n) is 11.3. The maximum Gasteiger partial charge on any atom is 0.259 e. The zero-order valence-electron chi connectivity index (χ0n) is 18.7. The Balaban J connectivity index is 1.30. The standard InChI is InChI=1S/C24H30N4O2S2/c1-3-28(4-2)13-17-9-6-5-8-16(17)12-25-21(29)15-31-14-20-26-23(30)22-18-10-7-11-19(18)32-24(22)27-20/h5-6,8-9H,3-4,7,10-15H2,1-2H3,(H,25,29)(H,26,27,30). The molecule has 2 aromatic heterocycles. The molecule has 8 heteroatoms. The Bertz CT molecular complexity index is 1150. The van der Waals surface area contributed by atoms with Crippen LogP contribution in [-0.4, -0.2) is 39.6 Å². The minimum atomic E-state index is -0.0424.